The summed E-state index contributed by atoms with van der Waals surface area (Å²) in [7, 11) is 0. The summed E-state index contributed by atoms with van der Waals surface area (Å²) in [4.78, 5) is 9.60. The highest BCUT2D eigenvalue weighted by Gasteiger charge is 2.33. The second kappa shape index (κ2) is 4.89. The van der Waals surface area contributed by atoms with Crippen LogP contribution in [0.5, 0.6) is 11.5 Å². The molecule has 0 aliphatic heterocycles. The molecular weight excluding hydrogens is 243 g/mol. The van der Waals surface area contributed by atoms with Gasteiger partial charge >= 0.3 is 6.36 Å². The van der Waals surface area contributed by atoms with E-state index in [4.69, 9.17) is 4.74 Å². The summed E-state index contributed by atoms with van der Waals surface area (Å²) in [5, 5.41) is 10.4. The zero-order valence-corrected chi connectivity index (χ0v) is 8.65. The number of hydrogen-bond donors (Lipinski definition) is 0. The molecule has 0 saturated carbocycles. The number of alkyl halides is 3. The summed E-state index contributed by atoms with van der Waals surface area (Å²) in [6.07, 6.45) is -4.93. The van der Waals surface area contributed by atoms with Crippen molar-refractivity contribution in [2.24, 2.45) is 0 Å². The molecule has 0 amide bonds. The van der Waals surface area contributed by atoms with E-state index in [1.54, 1.807) is 6.92 Å². The highest BCUT2D eigenvalue weighted by molar-refractivity contribution is 5.48. The molecule has 5 nitrogen and oxygen atoms in total. The van der Waals surface area contributed by atoms with Crippen LogP contribution in [-0.4, -0.2) is 17.9 Å². The van der Waals surface area contributed by atoms with Gasteiger partial charge in [-0.15, -0.1) is 13.2 Å². The summed E-state index contributed by atoms with van der Waals surface area (Å²) in [6.45, 7) is 1.69. The van der Waals surface area contributed by atoms with E-state index in [-0.39, 0.29) is 12.4 Å². The van der Waals surface area contributed by atoms with Crippen molar-refractivity contribution in [1.82, 2.24) is 0 Å². The maximum atomic E-state index is 12.0. The van der Waals surface area contributed by atoms with Gasteiger partial charge in [0.2, 0.25) is 0 Å². The third-order valence-corrected chi connectivity index (χ3v) is 1.66. The maximum absolute atomic E-state index is 12.0. The third-order valence-electron chi connectivity index (χ3n) is 1.66. The Balaban J connectivity index is 3.11. The van der Waals surface area contributed by atoms with Crippen LogP contribution in [0.4, 0.5) is 18.9 Å². The van der Waals surface area contributed by atoms with Gasteiger partial charge in [0, 0.05) is 6.07 Å². The van der Waals surface area contributed by atoms with E-state index in [2.05, 4.69) is 4.74 Å². The Kier molecular flexibility index (Phi) is 3.77. The number of ether oxygens (including phenoxy) is 2. The summed E-state index contributed by atoms with van der Waals surface area (Å²) < 4.78 is 44.7. The average molecular weight is 251 g/mol. The van der Waals surface area contributed by atoms with Crippen molar-refractivity contribution in [2.45, 2.75) is 13.3 Å². The first-order valence-corrected chi connectivity index (χ1v) is 4.50. The number of benzene rings is 1. The average Bonchev–Trinajstić information content (AvgIpc) is 2.18. The Hall–Kier alpha value is -1.99. The fourth-order valence-corrected chi connectivity index (χ4v) is 1.09. The van der Waals surface area contributed by atoms with E-state index in [0.29, 0.717) is 6.07 Å². The zero-order chi connectivity index (χ0) is 13.1. The summed E-state index contributed by atoms with van der Waals surface area (Å²) >= 11 is 0. The molecule has 0 spiro atoms. The Morgan fingerprint density at radius 1 is 1.35 bits per heavy atom. The Bertz CT molecular complexity index is 419. The van der Waals surface area contributed by atoms with E-state index in [9.17, 15) is 23.3 Å². The smallest absolute Gasteiger partial charge is 0.490 e. The van der Waals surface area contributed by atoms with Gasteiger partial charge in [-0.25, -0.2) is 0 Å². The lowest BCUT2D eigenvalue weighted by molar-refractivity contribution is -0.385. The highest BCUT2D eigenvalue weighted by Crippen LogP contribution is 2.35. The van der Waals surface area contributed by atoms with E-state index in [0.717, 1.165) is 12.1 Å². The van der Waals surface area contributed by atoms with Gasteiger partial charge in [0.1, 0.15) is 0 Å². The molecule has 1 rings (SSSR count). The number of halogens is 3. The van der Waals surface area contributed by atoms with E-state index in [1.165, 1.54) is 0 Å². The molecular formula is C9H8F3NO4. The van der Waals surface area contributed by atoms with Crippen molar-refractivity contribution in [3.63, 3.8) is 0 Å². The van der Waals surface area contributed by atoms with Gasteiger partial charge in [-0.1, -0.05) is 0 Å². The highest BCUT2D eigenvalue weighted by atomic mass is 19.4. The second-order valence-electron chi connectivity index (χ2n) is 2.87. The molecule has 0 aliphatic rings. The Morgan fingerprint density at radius 3 is 2.47 bits per heavy atom. The molecule has 1 aromatic rings. The minimum absolute atomic E-state index is 0.117. The standard InChI is InChI=1S/C9H8F3NO4/c1-2-16-7-4-3-6(13(14)15)5-8(7)17-9(10,11)12/h3-5H,2H2,1H3. The first-order chi connectivity index (χ1) is 7.83. The molecule has 0 saturated heterocycles. The van der Waals surface area contributed by atoms with Crippen molar-refractivity contribution in [1.29, 1.82) is 0 Å². The first kappa shape index (κ1) is 13.1. The number of non-ortho nitro benzene ring substituents is 1. The third kappa shape index (κ3) is 3.82. The van der Waals surface area contributed by atoms with Crippen LogP contribution >= 0.6 is 0 Å². The van der Waals surface area contributed by atoms with Crippen LogP contribution in [0.1, 0.15) is 6.92 Å². The van der Waals surface area contributed by atoms with E-state index < -0.39 is 22.7 Å². The molecule has 0 atom stereocenters. The lowest BCUT2D eigenvalue weighted by Gasteiger charge is -2.12. The second-order valence-corrected chi connectivity index (χ2v) is 2.87. The lowest BCUT2D eigenvalue weighted by Crippen LogP contribution is -2.17. The van der Waals surface area contributed by atoms with Crippen molar-refractivity contribution < 1.29 is 27.6 Å². The predicted octanol–water partition coefficient (Wildman–Crippen LogP) is 2.89. The van der Waals surface area contributed by atoms with Gasteiger partial charge in [-0.3, -0.25) is 10.1 Å². The molecule has 0 aliphatic carbocycles. The molecule has 0 heterocycles. The van der Waals surface area contributed by atoms with Gasteiger partial charge in [0.05, 0.1) is 17.6 Å². The van der Waals surface area contributed by atoms with Crippen LogP contribution in [0.2, 0.25) is 0 Å². The maximum Gasteiger partial charge on any atom is 0.573 e. The predicted molar refractivity (Wildman–Crippen MR) is 50.9 cm³/mol. The summed E-state index contributed by atoms with van der Waals surface area (Å²) in [6, 6.07) is 2.76. The Morgan fingerprint density at radius 2 is 2.00 bits per heavy atom. The fraction of sp³-hybridized carbons (Fsp3) is 0.333. The number of nitro groups is 1. The fourth-order valence-electron chi connectivity index (χ4n) is 1.09. The Labute approximate surface area is 93.9 Å². The van der Waals surface area contributed by atoms with Gasteiger partial charge < -0.3 is 9.47 Å². The minimum Gasteiger partial charge on any atom is -0.490 e. The molecule has 0 radical (unpaired) electrons. The first-order valence-electron chi connectivity index (χ1n) is 4.50. The summed E-state index contributed by atoms with van der Waals surface area (Å²) in [5.74, 6) is -0.927. The van der Waals surface area contributed by atoms with Crippen LogP contribution in [0.25, 0.3) is 0 Å². The number of hydrogen-bond acceptors (Lipinski definition) is 4. The molecule has 0 fully saturated rings. The molecule has 1 aromatic carbocycles. The molecule has 0 N–H and O–H groups in total. The zero-order valence-electron chi connectivity index (χ0n) is 8.65. The van der Waals surface area contributed by atoms with Gasteiger partial charge in [-0.05, 0) is 13.0 Å². The number of nitrogens with zero attached hydrogens (tertiary/aromatic N) is 1. The quantitative estimate of drug-likeness (QED) is 0.609. The number of nitro benzene ring substituents is 1. The van der Waals surface area contributed by atoms with Crippen LogP contribution in [0.15, 0.2) is 18.2 Å². The molecule has 8 heteroatoms. The van der Waals surface area contributed by atoms with Crippen LogP contribution < -0.4 is 9.47 Å². The summed E-state index contributed by atoms with van der Waals surface area (Å²) in [5.41, 5.74) is -0.507. The molecule has 0 unspecified atom stereocenters. The SMILES string of the molecule is CCOc1ccc([N+](=O)[O-])cc1OC(F)(F)F. The van der Waals surface area contributed by atoms with Crippen molar-refractivity contribution in [3.05, 3.63) is 28.3 Å². The van der Waals surface area contributed by atoms with Crippen molar-refractivity contribution >= 4 is 5.69 Å². The van der Waals surface area contributed by atoms with Crippen molar-refractivity contribution in [3.8, 4) is 11.5 Å². The van der Waals surface area contributed by atoms with Crippen LogP contribution in [0, 0.1) is 10.1 Å². The monoisotopic (exact) mass is 251 g/mol. The van der Waals surface area contributed by atoms with E-state index in [1.807, 2.05) is 0 Å². The van der Waals surface area contributed by atoms with Crippen LogP contribution in [-0.2, 0) is 0 Å². The lowest BCUT2D eigenvalue weighted by atomic mass is 10.3. The topological polar surface area (TPSA) is 61.6 Å². The van der Waals surface area contributed by atoms with Gasteiger partial charge in [-0.2, -0.15) is 0 Å². The van der Waals surface area contributed by atoms with E-state index >= 15 is 0 Å². The molecule has 94 valence electrons. The number of rotatable bonds is 4. The minimum atomic E-state index is -4.93. The van der Waals surface area contributed by atoms with Gasteiger partial charge in [0.15, 0.2) is 11.5 Å². The van der Waals surface area contributed by atoms with Crippen molar-refractivity contribution in [2.75, 3.05) is 6.61 Å². The largest absolute Gasteiger partial charge is 0.573 e. The normalized spacial score (nSPS) is 11.1. The van der Waals surface area contributed by atoms with Crippen LogP contribution in [0.3, 0.4) is 0 Å². The van der Waals surface area contributed by atoms with Gasteiger partial charge in [0.25, 0.3) is 5.69 Å². The molecule has 0 bridgehead atoms. The molecule has 0 aromatic heterocycles. The molecule has 17 heavy (non-hydrogen) atoms.